The number of isocyanates is 1. The lowest BCUT2D eigenvalue weighted by atomic mass is 9.72. The van der Waals surface area contributed by atoms with Crippen LogP contribution in [-0.2, 0) is 10.3 Å². The SMILES string of the molecule is Cc1ccc(C2(N=C=O)CCC2)cc1F. The number of rotatable bonds is 2. The number of benzene rings is 1. The Morgan fingerprint density at radius 3 is 2.67 bits per heavy atom. The molecule has 0 bridgehead atoms. The average molecular weight is 205 g/mol. The van der Waals surface area contributed by atoms with Gasteiger partial charge in [-0.25, -0.2) is 9.18 Å². The highest BCUT2D eigenvalue weighted by atomic mass is 19.1. The van der Waals surface area contributed by atoms with Crippen molar-refractivity contribution in [3.63, 3.8) is 0 Å². The summed E-state index contributed by atoms with van der Waals surface area (Å²) in [5, 5.41) is 0. The highest BCUT2D eigenvalue weighted by molar-refractivity contribution is 5.40. The molecule has 0 aromatic heterocycles. The third-order valence-corrected chi connectivity index (χ3v) is 3.15. The zero-order valence-electron chi connectivity index (χ0n) is 8.59. The highest BCUT2D eigenvalue weighted by Gasteiger charge is 2.39. The average Bonchev–Trinajstić information content (AvgIpc) is 2.16. The number of aliphatic imine (C=N–C) groups is 1. The van der Waals surface area contributed by atoms with E-state index < -0.39 is 5.54 Å². The molecule has 3 heteroatoms. The summed E-state index contributed by atoms with van der Waals surface area (Å²) in [7, 11) is 0. The van der Waals surface area contributed by atoms with Gasteiger partial charge in [0.15, 0.2) is 0 Å². The van der Waals surface area contributed by atoms with Crippen LogP contribution in [0.2, 0.25) is 0 Å². The first kappa shape index (κ1) is 10.1. The number of hydrogen-bond acceptors (Lipinski definition) is 2. The van der Waals surface area contributed by atoms with Crippen molar-refractivity contribution in [2.24, 2.45) is 4.99 Å². The zero-order chi connectivity index (χ0) is 10.9. The molecule has 2 nitrogen and oxygen atoms in total. The Hall–Kier alpha value is -1.47. The predicted molar refractivity (Wildman–Crippen MR) is 54.8 cm³/mol. The lowest BCUT2D eigenvalue weighted by Gasteiger charge is -2.37. The molecule has 0 aliphatic heterocycles. The first-order valence-corrected chi connectivity index (χ1v) is 5.04. The maximum Gasteiger partial charge on any atom is 0.235 e. The lowest BCUT2D eigenvalue weighted by Crippen LogP contribution is -2.31. The van der Waals surface area contributed by atoms with E-state index >= 15 is 0 Å². The van der Waals surface area contributed by atoms with Gasteiger partial charge in [0.2, 0.25) is 6.08 Å². The van der Waals surface area contributed by atoms with Crippen molar-refractivity contribution in [2.45, 2.75) is 31.7 Å². The van der Waals surface area contributed by atoms with Crippen molar-refractivity contribution >= 4 is 6.08 Å². The smallest absolute Gasteiger partial charge is 0.211 e. The molecule has 0 N–H and O–H groups in total. The van der Waals surface area contributed by atoms with E-state index in [2.05, 4.69) is 4.99 Å². The summed E-state index contributed by atoms with van der Waals surface area (Å²) in [4.78, 5) is 14.2. The van der Waals surface area contributed by atoms with Crippen molar-refractivity contribution < 1.29 is 9.18 Å². The van der Waals surface area contributed by atoms with Crippen LogP contribution < -0.4 is 0 Å². The molecule has 0 radical (unpaired) electrons. The Balaban J connectivity index is 2.43. The number of hydrogen-bond donors (Lipinski definition) is 0. The van der Waals surface area contributed by atoms with E-state index in [0.29, 0.717) is 5.56 Å². The van der Waals surface area contributed by atoms with Crippen LogP contribution in [-0.4, -0.2) is 6.08 Å². The molecule has 1 aliphatic carbocycles. The number of carbonyl (C=O) groups excluding carboxylic acids is 1. The van der Waals surface area contributed by atoms with Crippen LogP contribution in [0.3, 0.4) is 0 Å². The molecule has 15 heavy (non-hydrogen) atoms. The minimum absolute atomic E-state index is 0.236. The van der Waals surface area contributed by atoms with Gasteiger partial charge in [-0.1, -0.05) is 12.1 Å². The van der Waals surface area contributed by atoms with Gasteiger partial charge in [-0.2, -0.15) is 4.99 Å². The molecule has 1 aromatic rings. The fourth-order valence-electron chi connectivity index (χ4n) is 1.95. The molecule has 1 saturated carbocycles. The van der Waals surface area contributed by atoms with Crippen molar-refractivity contribution in [2.75, 3.05) is 0 Å². The van der Waals surface area contributed by atoms with Gasteiger partial charge < -0.3 is 0 Å². The first-order chi connectivity index (χ1) is 7.18. The minimum atomic E-state index is -0.490. The van der Waals surface area contributed by atoms with Gasteiger partial charge >= 0.3 is 0 Å². The molecular weight excluding hydrogens is 193 g/mol. The minimum Gasteiger partial charge on any atom is -0.211 e. The largest absolute Gasteiger partial charge is 0.235 e. The second-order valence-electron chi connectivity index (χ2n) is 4.05. The van der Waals surface area contributed by atoms with Crippen LogP contribution in [0.25, 0.3) is 0 Å². The fourth-order valence-corrected chi connectivity index (χ4v) is 1.95. The third-order valence-electron chi connectivity index (χ3n) is 3.15. The fraction of sp³-hybridized carbons (Fsp3) is 0.417. The standard InChI is InChI=1S/C12H12FNO/c1-9-3-4-10(7-11(9)13)12(14-8-15)5-2-6-12/h3-4,7H,2,5-6H2,1H3. The molecule has 78 valence electrons. The second kappa shape index (κ2) is 3.59. The van der Waals surface area contributed by atoms with Crippen molar-refractivity contribution in [1.82, 2.24) is 0 Å². The molecule has 1 aromatic carbocycles. The predicted octanol–water partition coefficient (Wildman–Crippen LogP) is 2.85. The van der Waals surface area contributed by atoms with Gasteiger partial charge in [0.05, 0.1) is 5.54 Å². The van der Waals surface area contributed by atoms with E-state index in [1.807, 2.05) is 6.07 Å². The maximum absolute atomic E-state index is 13.4. The maximum atomic E-state index is 13.4. The van der Waals surface area contributed by atoms with Gasteiger partial charge in [0.1, 0.15) is 5.82 Å². The summed E-state index contributed by atoms with van der Waals surface area (Å²) >= 11 is 0. The number of halogens is 1. The molecule has 0 spiro atoms. The van der Waals surface area contributed by atoms with Crippen molar-refractivity contribution in [3.8, 4) is 0 Å². The molecule has 0 heterocycles. The van der Waals surface area contributed by atoms with E-state index in [9.17, 15) is 9.18 Å². The van der Waals surface area contributed by atoms with Crippen LogP contribution in [0, 0.1) is 12.7 Å². The third kappa shape index (κ3) is 1.59. The van der Waals surface area contributed by atoms with E-state index in [4.69, 9.17) is 0 Å². The molecule has 1 aliphatic rings. The van der Waals surface area contributed by atoms with Crippen LogP contribution in [0.15, 0.2) is 23.2 Å². The van der Waals surface area contributed by atoms with Crippen LogP contribution >= 0.6 is 0 Å². The molecule has 2 rings (SSSR count). The monoisotopic (exact) mass is 205 g/mol. The van der Waals surface area contributed by atoms with Crippen LogP contribution in [0.5, 0.6) is 0 Å². The number of nitrogens with zero attached hydrogens (tertiary/aromatic N) is 1. The lowest BCUT2D eigenvalue weighted by molar-refractivity contribution is 0.255. The molecule has 1 fully saturated rings. The Labute approximate surface area is 87.8 Å². The summed E-state index contributed by atoms with van der Waals surface area (Å²) in [6.45, 7) is 1.72. The van der Waals surface area contributed by atoms with Gasteiger partial charge in [-0.05, 0) is 43.4 Å². The van der Waals surface area contributed by atoms with E-state index in [0.717, 1.165) is 24.8 Å². The highest BCUT2D eigenvalue weighted by Crippen LogP contribution is 2.44. The quantitative estimate of drug-likeness (QED) is 0.539. The Morgan fingerprint density at radius 2 is 2.20 bits per heavy atom. The number of aryl methyl sites for hydroxylation is 1. The topological polar surface area (TPSA) is 29.4 Å². The van der Waals surface area contributed by atoms with Gasteiger partial charge in [0.25, 0.3) is 0 Å². The molecule has 0 unspecified atom stereocenters. The van der Waals surface area contributed by atoms with Crippen LogP contribution in [0.4, 0.5) is 4.39 Å². The Bertz CT molecular complexity index is 431. The molecular formula is C12H12FNO. The summed E-state index contributed by atoms with van der Waals surface area (Å²) in [6, 6.07) is 5.05. The zero-order valence-corrected chi connectivity index (χ0v) is 8.59. The van der Waals surface area contributed by atoms with E-state index in [-0.39, 0.29) is 5.82 Å². The summed E-state index contributed by atoms with van der Waals surface area (Å²) < 4.78 is 13.4. The molecule has 0 atom stereocenters. The second-order valence-corrected chi connectivity index (χ2v) is 4.05. The summed E-state index contributed by atoms with van der Waals surface area (Å²) in [5.74, 6) is -0.236. The van der Waals surface area contributed by atoms with E-state index in [1.165, 1.54) is 6.07 Å². The van der Waals surface area contributed by atoms with E-state index in [1.54, 1.807) is 19.1 Å². The Kier molecular flexibility index (Phi) is 2.41. The molecule has 0 saturated heterocycles. The summed E-state index contributed by atoms with van der Waals surface area (Å²) in [5.41, 5.74) is 0.916. The summed E-state index contributed by atoms with van der Waals surface area (Å²) in [6.07, 6.45) is 4.24. The Morgan fingerprint density at radius 1 is 1.47 bits per heavy atom. The molecule has 0 amide bonds. The van der Waals surface area contributed by atoms with Crippen molar-refractivity contribution in [3.05, 3.63) is 35.1 Å². The van der Waals surface area contributed by atoms with Gasteiger partial charge in [0, 0.05) is 0 Å². The van der Waals surface area contributed by atoms with Gasteiger partial charge in [-0.15, -0.1) is 0 Å². The first-order valence-electron chi connectivity index (χ1n) is 5.04. The van der Waals surface area contributed by atoms with Crippen LogP contribution in [0.1, 0.15) is 30.4 Å². The normalized spacial score (nSPS) is 17.7. The van der Waals surface area contributed by atoms with Gasteiger partial charge in [-0.3, -0.25) is 0 Å². The van der Waals surface area contributed by atoms with Crippen molar-refractivity contribution in [1.29, 1.82) is 0 Å².